The fourth-order valence-corrected chi connectivity index (χ4v) is 3.86. The van der Waals surface area contributed by atoms with Crippen LogP contribution in [0.25, 0.3) is 5.69 Å². The molecule has 0 saturated heterocycles. The maximum Gasteiger partial charge on any atom is 0.250 e. The number of hydrogen-bond donors (Lipinski definition) is 1. The van der Waals surface area contributed by atoms with E-state index in [1.807, 2.05) is 49.4 Å². The predicted octanol–water partition coefficient (Wildman–Crippen LogP) is 4.49. The van der Waals surface area contributed by atoms with E-state index in [0.29, 0.717) is 5.75 Å². The van der Waals surface area contributed by atoms with Gasteiger partial charge in [-0.25, -0.2) is 5.43 Å². The van der Waals surface area contributed by atoms with Gasteiger partial charge in [0.25, 0.3) is 0 Å². The first-order chi connectivity index (χ1) is 14.1. The molecular formula is C23H25N3O2S. The number of carbonyl (C=O) groups is 1. The van der Waals surface area contributed by atoms with Crippen molar-refractivity contribution in [2.24, 2.45) is 5.10 Å². The van der Waals surface area contributed by atoms with Gasteiger partial charge in [-0.3, -0.25) is 4.79 Å². The summed E-state index contributed by atoms with van der Waals surface area (Å²) in [4.78, 5) is 12.0. The van der Waals surface area contributed by atoms with E-state index < -0.39 is 0 Å². The zero-order valence-corrected chi connectivity index (χ0v) is 17.7. The fourth-order valence-electron chi connectivity index (χ4n) is 3.08. The smallest absolute Gasteiger partial charge is 0.250 e. The zero-order chi connectivity index (χ0) is 20.6. The van der Waals surface area contributed by atoms with E-state index in [4.69, 9.17) is 4.74 Å². The topological polar surface area (TPSA) is 55.6 Å². The summed E-state index contributed by atoms with van der Waals surface area (Å²) in [5.41, 5.74) is 8.07. The van der Waals surface area contributed by atoms with Gasteiger partial charge < -0.3 is 9.30 Å². The summed E-state index contributed by atoms with van der Waals surface area (Å²) in [6.07, 6.45) is 1.70. The average molecular weight is 408 g/mol. The standard InChI is InChI=1S/C23H25N3O2S/c1-17-13-20(18(2)26(17)21-7-5-4-6-8-21)14-24-25-23(27)16-29-15-19-9-11-22(28-3)12-10-19/h4-14H,15-16H2,1-3H3,(H,25,27)/b24-14-. The van der Waals surface area contributed by atoms with Crippen molar-refractivity contribution in [3.63, 3.8) is 0 Å². The molecule has 0 aliphatic rings. The zero-order valence-electron chi connectivity index (χ0n) is 16.9. The number of ether oxygens (including phenoxy) is 1. The molecule has 0 saturated carbocycles. The van der Waals surface area contributed by atoms with Gasteiger partial charge in [-0.1, -0.05) is 30.3 Å². The molecule has 150 valence electrons. The number of aryl methyl sites for hydroxylation is 1. The highest BCUT2D eigenvalue weighted by atomic mass is 32.2. The summed E-state index contributed by atoms with van der Waals surface area (Å²) in [6.45, 7) is 4.11. The summed E-state index contributed by atoms with van der Waals surface area (Å²) in [5.74, 6) is 1.83. The summed E-state index contributed by atoms with van der Waals surface area (Å²) >= 11 is 1.55. The normalized spacial score (nSPS) is 11.0. The molecule has 29 heavy (non-hydrogen) atoms. The van der Waals surface area contributed by atoms with E-state index in [1.54, 1.807) is 25.1 Å². The van der Waals surface area contributed by atoms with Crippen LogP contribution in [0.1, 0.15) is 22.5 Å². The van der Waals surface area contributed by atoms with E-state index in [0.717, 1.165) is 39.7 Å². The third-order valence-corrected chi connectivity index (χ3v) is 5.54. The Morgan fingerprint density at radius 1 is 1.14 bits per heavy atom. The number of benzene rings is 2. The molecule has 0 fully saturated rings. The van der Waals surface area contributed by atoms with Crippen LogP contribution >= 0.6 is 11.8 Å². The van der Waals surface area contributed by atoms with E-state index >= 15 is 0 Å². The second-order valence-corrected chi connectivity index (χ2v) is 7.62. The van der Waals surface area contributed by atoms with Crippen molar-refractivity contribution in [1.82, 2.24) is 9.99 Å². The lowest BCUT2D eigenvalue weighted by atomic mass is 10.2. The van der Waals surface area contributed by atoms with E-state index in [2.05, 4.69) is 40.2 Å². The van der Waals surface area contributed by atoms with Crippen LogP contribution < -0.4 is 10.2 Å². The van der Waals surface area contributed by atoms with Crippen molar-refractivity contribution in [3.05, 3.63) is 83.2 Å². The summed E-state index contributed by atoms with van der Waals surface area (Å²) in [5, 5.41) is 4.13. The number of aromatic nitrogens is 1. The van der Waals surface area contributed by atoms with Crippen LogP contribution in [0.3, 0.4) is 0 Å². The first kappa shape index (κ1) is 20.7. The number of thioether (sulfide) groups is 1. The molecule has 0 aliphatic carbocycles. The molecule has 0 radical (unpaired) electrons. The van der Waals surface area contributed by atoms with Gasteiger partial charge in [-0.15, -0.1) is 11.8 Å². The van der Waals surface area contributed by atoms with Crippen molar-refractivity contribution in [3.8, 4) is 11.4 Å². The summed E-state index contributed by atoms with van der Waals surface area (Å²) in [6, 6.07) is 20.1. The van der Waals surface area contributed by atoms with Crippen LogP contribution in [-0.4, -0.2) is 29.6 Å². The van der Waals surface area contributed by atoms with Crippen molar-refractivity contribution < 1.29 is 9.53 Å². The lowest BCUT2D eigenvalue weighted by Crippen LogP contribution is -2.19. The minimum atomic E-state index is -0.114. The SMILES string of the molecule is COc1ccc(CSCC(=O)N/N=C\c2cc(C)n(-c3ccccc3)c2C)cc1. The molecule has 6 heteroatoms. The number of rotatable bonds is 8. The Labute approximate surface area is 175 Å². The molecular weight excluding hydrogens is 382 g/mol. The molecule has 5 nitrogen and oxygen atoms in total. The Bertz CT molecular complexity index is 979. The molecule has 0 bridgehead atoms. The maximum atomic E-state index is 12.0. The van der Waals surface area contributed by atoms with Crippen LogP contribution in [0.5, 0.6) is 5.75 Å². The van der Waals surface area contributed by atoms with Crippen LogP contribution in [0.4, 0.5) is 0 Å². The summed E-state index contributed by atoms with van der Waals surface area (Å²) < 4.78 is 7.32. The molecule has 3 aromatic rings. The molecule has 3 rings (SSSR count). The third kappa shape index (κ3) is 5.51. The first-order valence-electron chi connectivity index (χ1n) is 9.35. The second-order valence-electron chi connectivity index (χ2n) is 6.63. The third-order valence-electron chi connectivity index (χ3n) is 4.54. The molecule has 2 aromatic carbocycles. The molecule has 1 N–H and O–H groups in total. The van der Waals surface area contributed by atoms with Crippen molar-refractivity contribution in [2.75, 3.05) is 12.9 Å². The maximum absolute atomic E-state index is 12.0. The van der Waals surface area contributed by atoms with Gasteiger partial charge in [0.2, 0.25) is 5.91 Å². The lowest BCUT2D eigenvalue weighted by Gasteiger charge is -2.08. The van der Waals surface area contributed by atoms with Crippen molar-refractivity contribution >= 4 is 23.9 Å². The molecule has 0 aliphatic heterocycles. The van der Waals surface area contributed by atoms with Gasteiger partial charge in [-0.2, -0.15) is 5.10 Å². The fraction of sp³-hybridized carbons (Fsp3) is 0.217. The van der Waals surface area contributed by atoms with Gasteiger partial charge in [-0.05, 0) is 49.7 Å². The quantitative estimate of drug-likeness (QED) is 0.442. The summed E-state index contributed by atoms with van der Waals surface area (Å²) in [7, 11) is 1.65. The Hall–Kier alpha value is -2.99. The Morgan fingerprint density at radius 2 is 1.86 bits per heavy atom. The van der Waals surface area contributed by atoms with Crippen LogP contribution in [0, 0.1) is 13.8 Å². The number of hydrogen-bond acceptors (Lipinski definition) is 4. The monoisotopic (exact) mass is 407 g/mol. The molecule has 1 heterocycles. The molecule has 0 unspecified atom stereocenters. The van der Waals surface area contributed by atoms with Gasteiger partial charge in [0.15, 0.2) is 0 Å². The second kappa shape index (κ2) is 9.98. The number of nitrogens with zero attached hydrogens (tertiary/aromatic N) is 2. The van der Waals surface area contributed by atoms with Crippen molar-refractivity contribution in [2.45, 2.75) is 19.6 Å². The highest BCUT2D eigenvalue weighted by molar-refractivity contribution is 7.99. The van der Waals surface area contributed by atoms with Gasteiger partial charge in [0.1, 0.15) is 5.75 Å². The minimum absolute atomic E-state index is 0.114. The van der Waals surface area contributed by atoms with Crippen molar-refractivity contribution in [1.29, 1.82) is 0 Å². The minimum Gasteiger partial charge on any atom is -0.497 e. The lowest BCUT2D eigenvalue weighted by molar-refractivity contribution is -0.118. The first-order valence-corrected chi connectivity index (χ1v) is 10.5. The highest BCUT2D eigenvalue weighted by Gasteiger charge is 2.09. The number of carbonyl (C=O) groups excluding carboxylic acids is 1. The highest BCUT2D eigenvalue weighted by Crippen LogP contribution is 2.19. The molecule has 0 atom stereocenters. The Morgan fingerprint density at radius 3 is 2.55 bits per heavy atom. The van der Waals surface area contributed by atoms with Gasteiger partial charge in [0, 0.05) is 28.4 Å². The molecule has 1 aromatic heterocycles. The van der Waals surface area contributed by atoms with Crippen LogP contribution in [0.2, 0.25) is 0 Å². The average Bonchev–Trinajstić information content (AvgIpc) is 3.02. The van der Waals surface area contributed by atoms with Crippen LogP contribution in [-0.2, 0) is 10.5 Å². The van der Waals surface area contributed by atoms with E-state index in [9.17, 15) is 4.79 Å². The predicted molar refractivity (Wildman–Crippen MR) is 120 cm³/mol. The molecule has 1 amide bonds. The van der Waals surface area contributed by atoms with Gasteiger partial charge in [0.05, 0.1) is 19.1 Å². The Balaban J connectivity index is 1.51. The largest absolute Gasteiger partial charge is 0.497 e. The van der Waals surface area contributed by atoms with Crippen LogP contribution in [0.15, 0.2) is 65.8 Å². The number of nitrogens with one attached hydrogen (secondary N) is 1. The number of hydrazone groups is 1. The van der Waals surface area contributed by atoms with E-state index in [1.165, 1.54) is 0 Å². The van der Waals surface area contributed by atoms with E-state index in [-0.39, 0.29) is 5.91 Å². The Kier molecular flexibility index (Phi) is 7.14. The molecule has 0 spiro atoms. The number of para-hydroxylation sites is 1. The number of amides is 1. The number of methoxy groups -OCH3 is 1. The van der Waals surface area contributed by atoms with Gasteiger partial charge >= 0.3 is 0 Å².